The van der Waals surface area contributed by atoms with E-state index in [1.165, 1.54) is 24.3 Å². The maximum Gasteiger partial charge on any atom is 0.227 e. The Hall–Kier alpha value is -0.450. The van der Waals surface area contributed by atoms with Crippen molar-refractivity contribution in [3.8, 4) is 5.75 Å². The highest BCUT2D eigenvalue weighted by Crippen LogP contribution is 2.49. The summed E-state index contributed by atoms with van der Waals surface area (Å²) in [7, 11) is 0. The van der Waals surface area contributed by atoms with Gasteiger partial charge < -0.3 is 10.2 Å². The van der Waals surface area contributed by atoms with Crippen molar-refractivity contribution >= 4 is 50.7 Å². The summed E-state index contributed by atoms with van der Waals surface area (Å²) < 4.78 is -1.13. The molecule has 20 heavy (non-hydrogen) atoms. The molecule has 0 aliphatic rings. The number of hydrogen-bond donors (Lipinski definition) is 2. The largest absolute Gasteiger partial charge is 0.508 e. The first-order valence-corrected chi connectivity index (χ1v) is 7.52. The normalized spacial score (nSPS) is 14.8. The van der Waals surface area contributed by atoms with Gasteiger partial charge in [0.15, 0.2) is 5.60 Å². The summed E-state index contributed by atoms with van der Waals surface area (Å²) in [6.45, 7) is 0. The number of alkyl halides is 3. The van der Waals surface area contributed by atoms with Crippen molar-refractivity contribution in [2.75, 3.05) is 0 Å². The lowest BCUT2D eigenvalue weighted by Crippen LogP contribution is -2.41. The van der Waals surface area contributed by atoms with E-state index in [0.717, 1.165) is 4.47 Å². The van der Waals surface area contributed by atoms with Gasteiger partial charge in [-0.3, -0.25) is 0 Å². The molecule has 2 aromatic carbocycles. The molecular formula is C14H10BrCl3O2. The van der Waals surface area contributed by atoms with Crippen LogP contribution in [-0.4, -0.2) is 14.0 Å². The summed E-state index contributed by atoms with van der Waals surface area (Å²) in [5.74, 6) is 0.0659. The van der Waals surface area contributed by atoms with E-state index in [2.05, 4.69) is 15.9 Å². The molecule has 0 saturated heterocycles. The molecule has 0 bridgehead atoms. The minimum atomic E-state index is -1.97. The summed E-state index contributed by atoms with van der Waals surface area (Å²) in [5, 5.41) is 20.3. The molecule has 2 aromatic rings. The van der Waals surface area contributed by atoms with Gasteiger partial charge in [-0.1, -0.05) is 75.0 Å². The zero-order chi connectivity index (χ0) is 15.0. The second-order valence-electron chi connectivity index (χ2n) is 4.26. The van der Waals surface area contributed by atoms with Crippen molar-refractivity contribution < 1.29 is 10.2 Å². The van der Waals surface area contributed by atoms with E-state index in [-0.39, 0.29) is 5.75 Å². The van der Waals surface area contributed by atoms with Crippen LogP contribution in [0.2, 0.25) is 0 Å². The van der Waals surface area contributed by atoms with Gasteiger partial charge in [0.05, 0.1) is 0 Å². The summed E-state index contributed by atoms with van der Waals surface area (Å²) in [6, 6.07) is 12.7. The topological polar surface area (TPSA) is 40.5 Å². The Morgan fingerprint density at radius 1 is 0.800 bits per heavy atom. The SMILES string of the molecule is Oc1ccc(C(O)(c2ccc(Br)cc2)C(Cl)(Cl)Cl)cc1. The second kappa shape index (κ2) is 5.74. The van der Waals surface area contributed by atoms with Crippen molar-refractivity contribution in [2.24, 2.45) is 0 Å². The molecule has 0 aromatic heterocycles. The molecule has 0 amide bonds. The fraction of sp³-hybridized carbons (Fsp3) is 0.143. The van der Waals surface area contributed by atoms with Crippen LogP contribution in [0.5, 0.6) is 5.75 Å². The Kier molecular flexibility index (Phi) is 4.57. The lowest BCUT2D eigenvalue weighted by atomic mass is 9.87. The van der Waals surface area contributed by atoms with E-state index >= 15 is 0 Å². The average Bonchev–Trinajstić information content (AvgIpc) is 2.38. The van der Waals surface area contributed by atoms with Crippen LogP contribution < -0.4 is 0 Å². The van der Waals surface area contributed by atoms with Crippen molar-refractivity contribution in [3.05, 3.63) is 64.1 Å². The number of rotatable bonds is 2. The van der Waals surface area contributed by atoms with Crippen molar-refractivity contribution in [2.45, 2.75) is 9.39 Å². The Morgan fingerprint density at radius 2 is 1.20 bits per heavy atom. The van der Waals surface area contributed by atoms with E-state index in [4.69, 9.17) is 34.8 Å². The standard InChI is InChI=1S/C14H10BrCl3O2/c15-11-5-1-9(2-6-11)13(20,14(16,17)18)10-3-7-12(19)8-4-10/h1-8,19-20H. The third-order valence-corrected chi connectivity index (χ3v) is 4.31. The monoisotopic (exact) mass is 394 g/mol. The Balaban J connectivity index is 2.62. The van der Waals surface area contributed by atoms with Crippen LogP contribution in [0.4, 0.5) is 0 Å². The van der Waals surface area contributed by atoms with Gasteiger partial charge in [-0.25, -0.2) is 0 Å². The minimum absolute atomic E-state index is 0.0659. The molecule has 2 N–H and O–H groups in total. The van der Waals surface area contributed by atoms with Gasteiger partial charge >= 0.3 is 0 Å². The number of halogens is 4. The van der Waals surface area contributed by atoms with Crippen molar-refractivity contribution in [3.63, 3.8) is 0 Å². The quantitative estimate of drug-likeness (QED) is 0.719. The van der Waals surface area contributed by atoms with E-state index in [1.807, 2.05) is 0 Å². The molecule has 2 nitrogen and oxygen atoms in total. The molecule has 6 heteroatoms. The number of aliphatic hydroxyl groups is 1. The third-order valence-electron chi connectivity index (χ3n) is 2.96. The number of benzene rings is 2. The zero-order valence-electron chi connectivity index (χ0n) is 10.0. The highest BCUT2D eigenvalue weighted by Gasteiger charge is 2.49. The average molecular weight is 396 g/mol. The van der Waals surface area contributed by atoms with Crippen LogP contribution in [0, 0.1) is 0 Å². The lowest BCUT2D eigenvalue weighted by molar-refractivity contribution is 0.0849. The summed E-state index contributed by atoms with van der Waals surface area (Å²) in [6.07, 6.45) is 0. The molecule has 0 fully saturated rings. The second-order valence-corrected chi connectivity index (χ2v) is 7.46. The molecule has 0 saturated carbocycles. The molecule has 0 spiro atoms. The predicted octanol–water partition coefficient (Wildman–Crippen LogP) is 4.76. The van der Waals surface area contributed by atoms with E-state index in [1.54, 1.807) is 24.3 Å². The van der Waals surface area contributed by atoms with Gasteiger partial charge in [0.25, 0.3) is 0 Å². The Labute approximate surface area is 140 Å². The summed E-state index contributed by atoms with van der Waals surface area (Å²) >= 11 is 21.3. The fourth-order valence-electron chi connectivity index (χ4n) is 1.89. The third kappa shape index (κ3) is 2.92. The van der Waals surface area contributed by atoms with Gasteiger partial charge in [-0.2, -0.15) is 0 Å². The van der Waals surface area contributed by atoms with E-state index in [0.29, 0.717) is 11.1 Å². The van der Waals surface area contributed by atoms with Crippen LogP contribution in [0.15, 0.2) is 53.0 Å². The maximum absolute atomic E-state index is 11.0. The number of phenolic OH excluding ortho intramolecular Hbond substituents is 1. The summed E-state index contributed by atoms with van der Waals surface area (Å²) in [5.41, 5.74) is -1.02. The first kappa shape index (κ1) is 15.9. The Bertz CT molecular complexity index is 546. The lowest BCUT2D eigenvalue weighted by Gasteiger charge is -2.35. The van der Waals surface area contributed by atoms with Crippen LogP contribution in [0.25, 0.3) is 0 Å². The van der Waals surface area contributed by atoms with Crippen LogP contribution in [0.1, 0.15) is 11.1 Å². The van der Waals surface area contributed by atoms with E-state index in [9.17, 15) is 10.2 Å². The molecule has 1 unspecified atom stereocenters. The van der Waals surface area contributed by atoms with Gasteiger partial charge in [-0.15, -0.1) is 0 Å². The number of phenols is 1. The predicted molar refractivity (Wildman–Crippen MR) is 85.5 cm³/mol. The molecule has 2 rings (SSSR count). The molecule has 106 valence electrons. The first-order valence-electron chi connectivity index (χ1n) is 5.60. The molecule has 1 atom stereocenters. The molecule has 0 heterocycles. The smallest absolute Gasteiger partial charge is 0.227 e. The highest BCUT2D eigenvalue weighted by molar-refractivity contribution is 9.10. The number of hydrogen-bond acceptors (Lipinski definition) is 2. The van der Waals surface area contributed by atoms with Crippen molar-refractivity contribution in [1.29, 1.82) is 0 Å². The van der Waals surface area contributed by atoms with Gasteiger partial charge in [-0.05, 0) is 35.4 Å². The van der Waals surface area contributed by atoms with Gasteiger partial charge in [0, 0.05) is 4.47 Å². The van der Waals surface area contributed by atoms with Crippen LogP contribution >= 0.6 is 50.7 Å². The molecule has 0 aliphatic heterocycles. The first-order chi connectivity index (χ1) is 9.25. The van der Waals surface area contributed by atoms with Gasteiger partial charge in [0.2, 0.25) is 3.79 Å². The maximum atomic E-state index is 11.0. The van der Waals surface area contributed by atoms with Gasteiger partial charge in [0.1, 0.15) is 5.75 Å². The minimum Gasteiger partial charge on any atom is -0.508 e. The Morgan fingerprint density at radius 3 is 1.60 bits per heavy atom. The molecule has 0 radical (unpaired) electrons. The number of aromatic hydroxyl groups is 1. The van der Waals surface area contributed by atoms with Crippen molar-refractivity contribution in [1.82, 2.24) is 0 Å². The molecular weight excluding hydrogens is 386 g/mol. The fourth-order valence-corrected chi connectivity index (χ4v) is 2.81. The summed E-state index contributed by atoms with van der Waals surface area (Å²) in [4.78, 5) is 0. The van der Waals surface area contributed by atoms with Crippen LogP contribution in [0.3, 0.4) is 0 Å². The molecule has 0 aliphatic carbocycles. The zero-order valence-corrected chi connectivity index (χ0v) is 13.9. The van der Waals surface area contributed by atoms with Crippen LogP contribution in [-0.2, 0) is 5.60 Å². The van der Waals surface area contributed by atoms with E-state index < -0.39 is 9.39 Å². The highest BCUT2D eigenvalue weighted by atomic mass is 79.9.